The van der Waals surface area contributed by atoms with Gasteiger partial charge in [-0.1, -0.05) is 30.3 Å². The van der Waals surface area contributed by atoms with Crippen molar-refractivity contribution in [2.45, 2.75) is 44.3 Å². The van der Waals surface area contributed by atoms with Gasteiger partial charge in [0.2, 0.25) is 5.92 Å². The highest BCUT2D eigenvalue weighted by Crippen LogP contribution is 2.35. The zero-order valence-electron chi connectivity index (χ0n) is 15.7. The Morgan fingerprint density at radius 3 is 2.57 bits per heavy atom. The summed E-state index contributed by atoms with van der Waals surface area (Å²) in [6.07, 6.45) is -0.758. The van der Waals surface area contributed by atoms with Crippen LogP contribution < -0.4 is 15.4 Å². The highest BCUT2D eigenvalue weighted by Gasteiger charge is 2.40. The van der Waals surface area contributed by atoms with E-state index < -0.39 is 23.8 Å². The minimum absolute atomic E-state index is 0.0871. The van der Waals surface area contributed by atoms with Gasteiger partial charge in [0.15, 0.2) is 5.75 Å². The Bertz CT molecular complexity index is 852. The minimum Gasteiger partial charge on any atom is -0.484 e. The second-order valence-corrected chi connectivity index (χ2v) is 6.94. The molecule has 3 rings (SSSR count). The molecule has 2 atom stereocenters. The molecule has 1 aliphatic rings. The SMILES string of the molecule is CNC(=O)c1[nH]c(C(=O)N[C@H]2CCC(F)(F)C2)cc1OC(C)c1ccccc1. The highest BCUT2D eigenvalue weighted by atomic mass is 19.3. The molecule has 28 heavy (non-hydrogen) atoms. The number of H-pyrrole nitrogens is 1. The fourth-order valence-corrected chi connectivity index (χ4v) is 3.26. The van der Waals surface area contributed by atoms with Gasteiger partial charge in [0.25, 0.3) is 11.8 Å². The minimum atomic E-state index is -2.75. The predicted octanol–water partition coefficient (Wildman–Crippen LogP) is 3.43. The third kappa shape index (κ3) is 4.49. The number of ether oxygens (including phenoxy) is 1. The topological polar surface area (TPSA) is 83.2 Å². The van der Waals surface area contributed by atoms with Crippen LogP contribution in [0.5, 0.6) is 5.75 Å². The second-order valence-electron chi connectivity index (χ2n) is 6.94. The van der Waals surface area contributed by atoms with Crippen LogP contribution in [-0.4, -0.2) is 35.8 Å². The van der Waals surface area contributed by atoms with Gasteiger partial charge in [-0.2, -0.15) is 0 Å². The molecule has 1 heterocycles. The summed E-state index contributed by atoms with van der Waals surface area (Å²) in [7, 11) is 1.47. The molecule has 2 amide bonds. The Hall–Kier alpha value is -2.90. The second kappa shape index (κ2) is 8.00. The molecule has 0 spiro atoms. The van der Waals surface area contributed by atoms with Crippen LogP contribution in [0.4, 0.5) is 8.78 Å². The van der Waals surface area contributed by atoms with Crippen molar-refractivity contribution in [1.82, 2.24) is 15.6 Å². The summed E-state index contributed by atoms with van der Waals surface area (Å²) in [5.41, 5.74) is 1.10. The van der Waals surface area contributed by atoms with Crippen LogP contribution in [0.25, 0.3) is 0 Å². The van der Waals surface area contributed by atoms with E-state index >= 15 is 0 Å². The fourth-order valence-electron chi connectivity index (χ4n) is 3.26. The summed E-state index contributed by atoms with van der Waals surface area (Å²) in [6.45, 7) is 1.83. The van der Waals surface area contributed by atoms with Gasteiger partial charge in [-0.05, 0) is 18.9 Å². The molecule has 0 saturated heterocycles. The van der Waals surface area contributed by atoms with Crippen molar-refractivity contribution in [3.63, 3.8) is 0 Å². The number of benzene rings is 1. The first-order valence-corrected chi connectivity index (χ1v) is 9.14. The van der Waals surface area contributed by atoms with E-state index in [9.17, 15) is 18.4 Å². The lowest BCUT2D eigenvalue weighted by atomic mass is 10.1. The summed E-state index contributed by atoms with van der Waals surface area (Å²) in [5, 5.41) is 5.09. The average molecular weight is 391 g/mol. The van der Waals surface area contributed by atoms with Crippen LogP contribution in [0, 0.1) is 0 Å². The molecule has 1 unspecified atom stereocenters. The van der Waals surface area contributed by atoms with Gasteiger partial charge in [0.1, 0.15) is 17.5 Å². The molecular weight excluding hydrogens is 368 g/mol. The molecule has 2 aromatic rings. The number of halogens is 2. The molecule has 6 nitrogen and oxygen atoms in total. The Morgan fingerprint density at radius 2 is 1.96 bits per heavy atom. The Kier molecular flexibility index (Phi) is 5.67. The number of alkyl halides is 2. The monoisotopic (exact) mass is 391 g/mol. The molecule has 1 aromatic heterocycles. The summed E-state index contributed by atoms with van der Waals surface area (Å²) in [4.78, 5) is 27.4. The quantitative estimate of drug-likeness (QED) is 0.706. The van der Waals surface area contributed by atoms with Crippen LogP contribution >= 0.6 is 0 Å². The number of hydrogen-bond donors (Lipinski definition) is 3. The van der Waals surface area contributed by atoms with E-state index in [4.69, 9.17) is 4.74 Å². The highest BCUT2D eigenvalue weighted by molar-refractivity contribution is 5.99. The first-order chi connectivity index (χ1) is 13.3. The Morgan fingerprint density at radius 1 is 1.25 bits per heavy atom. The van der Waals surface area contributed by atoms with Gasteiger partial charge >= 0.3 is 0 Å². The predicted molar refractivity (Wildman–Crippen MR) is 99.7 cm³/mol. The summed E-state index contributed by atoms with van der Waals surface area (Å²) >= 11 is 0. The van der Waals surface area contributed by atoms with Gasteiger partial charge in [-0.25, -0.2) is 8.78 Å². The van der Waals surface area contributed by atoms with E-state index in [0.29, 0.717) is 0 Å². The normalized spacial score (nSPS) is 19.1. The van der Waals surface area contributed by atoms with E-state index in [1.165, 1.54) is 13.1 Å². The maximum absolute atomic E-state index is 13.3. The number of aromatic nitrogens is 1. The molecule has 1 aromatic carbocycles. The number of carbonyl (C=O) groups excluding carboxylic acids is 2. The van der Waals surface area contributed by atoms with Crippen molar-refractivity contribution in [2.24, 2.45) is 0 Å². The van der Waals surface area contributed by atoms with Gasteiger partial charge < -0.3 is 20.4 Å². The van der Waals surface area contributed by atoms with E-state index in [-0.39, 0.29) is 42.5 Å². The Labute approximate surface area is 161 Å². The number of nitrogens with one attached hydrogen (secondary N) is 3. The lowest BCUT2D eigenvalue weighted by Gasteiger charge is -2.15. The third-order valence-electron chi connectivity index (χ3n) is 4.79. The van der Waals surface area contributed by atoms with E-state index in [0.717, 1.165) is 5.56 Å². The van der Waals surface area contributed by atoms with Crippen LogP contribution in [0.3, 0.4) is 0 Å². The Balaban J connectivity index is 1.77. The molecule has 3 N–H and O–H groups in total. The number of amides is 2. The van der Waals surface area contributed by atoms with Crippen LogP contribution in [-0.2, 0) is 0 Å². The maximum Gasteiger partial charge on any atom is 0.271 e. The van der Waals surface area contributed by atoms with Crippen LogP contribution in [0.1, 0.15) is 58.8 Å². The fraction of sp³-hybridized carbons (Fsp3) is 0.400. The van der Waals surface area contributed by atoms with E-state index in [2.05, 4.69) is 15.6 Å². The van der Waals surface area contributed by atoms with Gasteiger partial charge in [-0.3, -0.25) is 9.59 Å². The molecule has 150 valence electrons. The van der Waals surface area contributed by atoms with Crippen molar-refractivity contribution >= 4 is 11.8 Å². The smallest absolute Gasteiger partial charge is 0.271 e. The molecule has 0 bridgehead atoms. The molecule has 8 heteroatoms. The zero-order valence-corrected chi connectivity index (χ0v) is 15.7. The van der Waals surface area contributed by atoms with Crippen molar-refractivity contribution in [2.75, 3.05) is 7.05 Å². The maximum atomic E-state index is 13.3. The largest absolute Gasteiger partial charge is 0.484 e. The zero-order chi connectivity index (χ0) is 20.3. The summed E-state index contributed by atoms with van der Waals surface area (Å²) in [5.74, 6) is -3.52. The molecule has 0 radical (unpaired) electrons. The van der Waals surface area contributed by atoms with Gasteiger partial charge in [0.05, 0.1) is 0 Å². The average Bonchev–Trinajstić information content (AvgIpc) is 3.24. The number of rotatable bonds is 6. The first kappa shape index (κ1) is 19.9. The first-order valence-electron chi connectivity index (χ1n) is 9.14. The molecule has 1 saturated carbocycles. The summed E-state index contributed by atoms with van der Waals surface area (Å²) < 4.78 is 32.6. The van der Waals surface area contributed by atoms with Crippen molar-refractivity contribution in [1.29, 1.82) is 0 Å². The van der Waals surface area contributed by atoms with E-state index in [1.807, 2.05) is 37.3 Å². The summed E-state index contributed by atoms with van der Waals surface area (Å²) in [6, 6.07) is 10.3. The number of hydrogen-bond acceptors (Lipinski definition) is 3. The molecule has 1 aliphatic carbocycles. The lowest BCUT2D eigenvalue weighted by molar-refractivity contribution is 0.00709. The molecular formula is C20H23F2N3O3. The third-order valence-corrected chi connectivity index (χ3v) is 4.79. The van der Waals surface area contributed by atoms with E-state index in [1.54, 1.807) is 0 Å². The lowest BCUT2D eigenvalue weighted by Crippen LogP contribution is -2.34. The molecule has 0 aliphatic heterocycles. The standard InChI is InChI=1S/C20H23F2N3O3/c1-12(13-6-4-3-5-7-13)28-16-10-15(25-17(16)19(27)23-2)18(26)24-14-8-9-20(21,22)11-14/h3-7,10,12,14,25H,8-9,11H2,1-2H3,(H,23,27)(H,24,26)/t12?,14-/m0/s1. The van der Waals surface area contributed by atoms with Crippen LogP contribution in [0.15, 0.2) is 36.4 Å². The van der Waals surface area contributed by atoms with Crippen molar-refractivity contribution in [3.8, 4) is 5.75 Å². The van der Waals surface area contributed by atoms with Crippen LogP contribution in [0.2, 0.25) is 0 Å². The number of aromatic amines is 1. The van der Waals surface area contributed by atoms with Gasteiger partial charge in [-0.15, -0.1) is 0 Å². The van der Waals surface area contributed by atoms with Gasteiger partial charge in [0, 0.05) is 32.0 Å². The molecule has 1 fully saturated rings. The van der Waals surface area contributed by atoms with Crippen molar-refractivity contribution in [3.05, 3.63) is 53.3 Å². The number of carbonyl (C=O) groups is 2. The van der Waals surface area contributed by atoms with Crippen molar-refractivity contribution < 1.29 is 23.1 Å².